The highest BCUT2D eigenvalue weighted by Crippen LogP contribution is 2.42. The maximum Gasteiger partial charge on any atom is 0.164 e. The van der Waals surface area contributed by atoms with Crippen molar-refractivity contribution in [2.24, 2.45) is 0 Å². The Morgan fingerprint density at radius 1 is 1.05 bits per heavy atom. The molecule has 0 spiro atoms. The molecule has 22 heavy (non-hydrogen) atoms. The van der Waals surface area contributed by atoms with Gasteiger partial charge in [-0.3, -0.25) is 0 Å². The van der Waals surface area contributed by atoms with Gasteiger partial charge in [-0.15, -0.1) is 0 Å². The van der Waals surface area contributed by atoms with E-state index >= 15 is 0 Å². The van der Waals surface area contributed by atoms with Gasteiger partial charge in [0.05, 0.1) is 17.7 Å². The molecule has 3 heterocycles. The van der Waals surface area contributed by atoms with E-state index in [1.165, 1.54) is 0 Å². The Morgan fingerprint density at radius 2 is 1.73 bits per heavy atom. The Hall–Kier alpha value is -0.310. The van der Waals surface area contributed by atoms with Crippen molar-refractivity contribution in [1.82, 2.24) is 5.32 Å². The Bertz CT molecular complexity index is 455. The molecule has 126 valence electrons. The van der Waals surface area contributed by atoms with Crippen LogP contribution in [0.4, 0.5) is 0 Å². The molecular weight excluding hydrogens is 306 g/mol. The van der Waals surface area contributed by atoms with Crippen LogP contribution in [0.1, 0.15) is 34.1 Å². The molecule has 6 nitrogen and oxygen atoms in total. The van der Waals surface area contributed by atoms with Crippen molar-refractivity contribution in [2.45, 2.75) is 76.2 Å². The second kappa shape index (κ2) is 5.65. The number of ether oxygens (including phenoxy) is 5. The summed E-state index contributed by atoms with van der Waals surface area (Å²) in [5.41, 5.74) is 0. The van der Waals surface area contributed by atoms with Crippen LogP contribution in [-0.4, -0.2) is 60.7 Å². The van der Waals surface area contributed by atoms with E-state index in [0.717, 1.165) is 4.99 Å². The predicted molar refractivity (Wildman–Crippen MR) is 83.7 cm³/mol. The van der Waals surface area contributed by atoms with Gasteiger partial charge in [0.1, 0.15) is 24.4 Å². The molecule has 0 aromatic heterocycles. The summed E-state index contributed by atoms with van der Waals surface area (Å²) in [6.07, 6.45) is -0.198. The third-order valence-electron chi connectivity index (χ3n) is 4.25. The first-order chi connectivity index (χ1) is 10.2. The van der Waals surface area contributed by atoms with Gasteiger partial charge in [0.15, 0.2) is 11.6 Å². The van der Waals surface area contributed by atoms with Crippen molar-refractivity contribution in [2.75, 3.05) is 13.7 Å². The molecule has 0 aromatic rings. The molecule has 0 unspecified atom stereocenters. The summed E-state index contributed by atoms with van der Waals surface area (Å²) in [5.74, 6) is -1.21. The second-order valence-corrected chi connectivity index (χ2v) is 7.44. The van der Waals surface area contributed by atoms with E-state index in [9.17, 15) is 0 Å². The minimum absolute atomic E-state index is 0.135. The third kappa shape index (κ3) is 3.16. The van der Waals surface area contributed by atoms with Gasteiger partial charge in [-0.2, -0.15) is 0 Å². The lowest BCUT2D eigenvalue weighted by Gasteiger charge is -2.27. The van der Waals surface area contributed by atoms with Gasteiger partial charge in [-0.1, -0.05) is 12.2 Å². The van der Waals surface area contributed by atoms with Gasteiger partial charge >= 0.3 is 0 Å². The SMILES string of the molecule is CNC(=S)C[C@@H]1O[C@H]([C@H]2COC(C)(C)O2)[C@@H]2OC(C)(C)O[C@@H]21. The molecular formula is C15H25NO5S. The molecule has 0 aromatic carbocycles. The summed E-state index contributed by atoms with van der Waals surface area (Å²) in [7, 11) is 1.82. The van der Waals surface area contributed by atoms with Crippen molar-refractivity contribution in [3.05, 3.63) is 0 Å². The lowest BCUT2D eigenvalue weighted by Crippen LogP contribution is -2.40. The lowest BCUT2D eigenvalue weighted by molar-refractivity contribution is -0.205. The molecule has 0 amide bonds. The number of thiocarbonyl (C=S) groups is 1. The smallest absolute Gasteiger partial charge is 0.164 e. The van der Waals surface area contributed by atoms with Gasteiger partial charge in [0.25, 0.3) is 0 Å². The highest BCUT2D eigenvalue weighted by atomic mass is 32.1. The molecule has 0 radical (unpaired) electrons. The monoisotopic (exact) mass is 331 g/mol. The van der Waals surface area contributed by atoms with Crippen LogP contribution in [0.5, 0.6) is 0 Å². The van der Waals surface area contributed by atoms with Gasteiger partial charge in [0.2, 0.25) is 0 Å². The Balaban J connectivity index is 1.75. The van der Waals surface area contributed by atoms with Crippen molar-refractivity contribution >= 4 is 17.2 Å². The summed E-state index contributed by atoms with van der Waals surface area (Å²) in [6, 6.07) is 0. The number of hydrogen-bond donors (Lipinski definition) is 1. The van der Waals surface area contributed by atoms with Gasteiger partial charge in [-0.25, -0.2) is 0 Å². The van der Waals surface area contributed by atoms with Crippen LogP contribution in [-0.2, 0) is 23.7 Å². The van der Waals surface area contributed by atoms with Crippen molar-refractivity contribution < 1.29 is 23.7 Å². The molecule has 3 aliphatic rings. The first-order valence-electron chi connectivity index (χ1n) is 7.74. The fourth-order valence-electron chi connectivity index (χ4n) is 3.34. The van der Waals surface area contributed by atoms with Gasteiger partial charge < -0.3 is 29.0 Å². The van der Waals surface area contributed by atoms with Gasteiger partial charge in [-0.05, 0) is 27.7 Å². The maximum absolute atomic E-state index is 6.19. The Morgan fingerprint density at radius 3 is 2.32 bits per heavy atom. The second-order valence-electron chi connectivity index (χ2n) is 6.95. The minimum atomic E-state index is -0.619. The number of nitrogens with one attached hydrogen (secondary N) is 1. The standard InChI is InChI=1S/C15H25NO5S/c1-14(2)17-7-9(19-14)11-13-12(20-15(3,4)21-13)8(18-11)6-10(22)16-5/h8-9,11-13H,6-7H2,1-5H3,(H,16,22)/t8-,9+,11+,12+,13-/m0/s1. The van der Waals surface area contributed by atoms with Crippen LogP contribution in [0.25, 0.3) is 0 Å². The highest BCUT2D eigenvalue weighted by molar-refractivity contribution is 7.80. The zero-order chi connectivity index (χ0) is 16.1. The normalized spacial score (nSPS) is 42.3. The van der Waals surface area contributed by atoms with E-state index in [-0.39, 0.29) is 30.5 Å². The van der Waals surface area contributed by atoms with Crippen LogP contribution in [0, 0.1) is 0 Å². The molecule has 7 heteroatoms. The maximum atomic E-state index is 6.19. The van der Waals surface area contributed by atoms with Crippen LogP contribution in [0.2, 0.25) is 0 Å². The molecule has 0 bridgehead atoms. The summed E-state index contributed by atoms with van der Waals surface area (Å²) >= 11 is 5.28. The van der Waals surface area contributed by atoms with E-state index < -0.39 is 11.6 Å². The molecule has 0 aliphatic carbocycles. The average molecular weight is 331 g/mol. The van der Waals surface area contributed by atoms with Crippen molar-refractivity contribution in [3.8, 4) is 0 Å². The zero-order valence-electron chi connectivity index (χ0n) is 13.8. The highest BCUT2D eigenvalue weighted by Gasteiger charge is 2.58. The molecule has 3 rings (SSSR count). The predicted octanol–water partition coefficient (Wildman–Crippen LogP) is 1.36. The molecule has 0 saturated carbocycles. The Labute approximate surface area is 136 Å². The average Bonchev–Trinajstić information content (AvgIpc) is 3.01. The summed E-state index contributed by atoms with van der Waals surface area (Å²) in [4.78, 5) is 0.752. The lowest BCUT2D eigenvalue weighted by atomic mass is 10.0. The van der Waals surface area contributed by atoms with Crippen molar-refractivity contribution in [1.29, 1.82) is 0 Å². The largest absolute Gasteiger partial charge is 0.383 e. The van der Waals surface area contributed by atoms with Crippen molar-refractivity contribution in [3.63, 3.8) is 0 Å². The quantitative estimate of drug-likeness (QED) is 0.784. The fraction of sp³-hybridized carbons (Fsp3) is 0.933. The van der Waals surface area contributed by atoms with E-state index in [2.05, 4.69) is 5.32 Å². The minimum Gasteiger partial charge on any atom is -0.383 e. The van der Waals surface area contributed by atoms with Crippen LogP contribution < -0.4 is 5.32 Å². The van der Waals surface area contributed by atoms with Gasteiger partial charge in [0, 0.05) is 13.5 Å². The summed E-state index contributed by atoms with van der Waals surface area (Å²) < 4.78 is 29.9. The van der Waals surface area contributed by atoms with Crippen LogP contribution in [0.15, 0.2) is 0 Å². The Kier molecular flexibility index (Phi) is 4.25. The first kappa shape index (κ1) is 16.5. The fourth-order valence-corrected chi connectivity index (χ4v) is 3.51. The summed E-state index contributed by atoms with van der Waals surface area (Å²) in [5, 5.41) is 2.99. The molecule has 1 N–H and O–H groups in total. The van der Waals surface area contributed by atoms with Crippen LogP contribution >= 0.6 is 12.2 Å². The number of fused-ring (bicyclic) bond motifs is 1. The first-order valence-corrected chi connectivity index (χ1v) is 8.15. The molecule has 5 atom stereocenters. The zero-order valence-corrected chi connectivity index (χ0v) is 14.6. The third-order valence-corrected chi connectivity index (χ3v) is 4.62. The van der Waals surface area contributed by atoms with E-state index in [1.807, 2.05) is 34.7 Å². The number of rotatable bonds is 3. The van der Waals surface area contributed by atoms with Crippen LogP contribution in [0.3, 0.4) is 0 Å². The molecule has 3 aliphatic heterocycles. The topological polar surface area (TPSA) is 58.2 Å². The summed E-state index contributed by atoms with van der Waals surface area (Å²) in [6.45, 7) is 8.15. The molecule has 3 fully saturated rings. The van der Waals surface area contributed by atoms with E-state index in [0.29, 0.717) is 13.0 Å². The number of hydrogen-bond acceptors (Lipinski definition) is 6. The van der Waals surface area contributed by atoms with E-state index in [4.69, 9.17) is 35.9 Å². The van der Waals surface area contributed by atoms with E-state index in [1.54, 1.807) is 0 Å². The molecule has 3 saturated heterocycles.